The third-order valence-electron chi connectivity index (χ3n) is 7.24. The van der Waals surface area contributed by atoms with E-state index in [0.29, 0.717) is 29.0 Å². The predicted molar refractivity (Wildman–Crippen MR) is 163 cm³/mol. The second-order valence-corrected chi connectivity index (χ2v) is 13.9. The van der Waals surface area contributed by atoms with Crippen LogP contribution < -0.4 is 4.90 Å². The molecule has 0 bridgehead atoms. The van der Waals surface area contributed by atoms with Crippen LogP contribution in [0.15, 0.2) is 127 Å². The van der Waals surface area contributed by atoms with E-state index in [1.54, 1.807) is 0 Å². The van der Waals surface area contributed by atoms with Crippen molar-refractivity contribution in [3.8, 4) is 0 Å². The number of anilines is 3. The summed E-state index contributed by atoms with van der Waals surface area (Å²) in [5.41, 5.74) is 3.62. The molecule has 0 saturated carbocycles. The van der Waals surface area contributed by atoms with Crippen LogP contribution in [0.25, 0.3) is 49.4 Å². The van der Waals surface area contributed by atoms with E-state index in [1.165, 1.54) is 66.4 Å². The summed E-state index contributed by atoms with van der Waals surface area (Å²) in [5, 5.41) is 8.32. The third-order valence-corrected chi connectivity index (χ3v) is 12.2. The van der Waals surface area contributed by atoms with Crippen molar-refractivity contribution in [1.29, 1.82) is 0 Å². The van der Waals surface area contributed by atoms with Crippen molar-refractivity contribution in [2.75, 3.05) is 4.90 Å². The molecule has 8 rings (SSSR count). The molecular formula is C34H21NSe2. The van der Waals surface area contributed by atoms with Crippen LogP contribution in [0.3, 0.4) is 0 Å². The predicted octanol–water partition coefficient (Wildman–Crippen LogP) is 9.04. The molecule has 0 fully saturated rings. The standard InChI is InChI=1S/C34H21NSe2/c1-2-9-23(10-3-1)35(25-15-18-28-27-12-6-7-13-31(27)36-33(28)21-25)24-16-19-32-30(20-24)29-17-14-22-8-4-5-11-26(22)34(29)37-32/h1-21H. The van der Waals surface area contributed by atoms with Crippen LogP contribution in [0.2, 0.25) is 0 Å². The summed E-state index contributed by atoms with van der Waals surface area (Å²) in [4.78, 5) is 2.42. The first-order valence-corrected chi connectivity index (χ1v) is 15.9. The quantitative estimate of drug-likeness (QED) is 0.183. The summed E-state index contributed by atoms with van der Waals surface area (Å²) < 4.78 is 5.94. The molecule has 0 unspecified atom stereocenters. The van der Waals surface area contributed by atoms with Crippen LogP contribution in [-0.4, -0.2) is 29.0 Å². The van der Waals surface area contributed by atoms with Gasteiger partial charge in [0.25, 0.3) is 0 Å². The van der Waals surface area contributed by atoms with E-state index in [9.17, 15) is 0 Å². The topological polar surface area (TPSA) is 3.24 Å². The number of hydrogen-bond donors (Lipinski definition) is 0. The molecular weight excluding hydrogens is 580 g/mol. The minimum atomic E-state index is 0.323. The van der Waals surface area contributed by atoms with Gasteiger partial charge in [-0.2, -0.15) is 0 Å². The zero-order valence-electron chi connectivity index (χ0n) is 19.9. The van der Waals surface area contributed by atoms with Crippen LogP contribution in [-0.2, 0) is 0 Å². The summed E-state index contributed by atoms with van der Waals surface area (Å²) in [7, 11) is 0. The van der Waals surface area contributed by atoms with Gasteiger partial charge in [-0.25, -0.2) is 0 Å². The van der Waals surface area contributed by atoms with Crippen molar-refractivity contribution >= 4 is 95.4 Å². The summed E-state index contributed by atoms with van der Waals surface area (Å²) >= 11 is 0.661. The molecule has 0 aliphatic carbocycles. The van der Waals surface area contributed by atoms with E-state index >= 15 is 0 Å². The molecule has 2 aromatic heterocycles. The van der Waals surface area contributed by atoms with Crippen LogP contribution in [0.5, 0.6) is 0 Å². The summed E-state index contributed by atoms with van der Waals surface area (Å²) in [6.07, 6.45) is 0. The third kappa shape index (κ3) is 3.44. The molecule has 6 aromatic carbocycles. The fraction of sp³-hybridized carbons (Fsp3) is 0. The molecule has 174 valence electrons. The average Bonchev–Trinajstić information content (AvgIpc) is 3.52. The fourth-order valence-electron chi connectivity index (χ4n) is 5.51. The van der Waals surface area contributed by atoms with E-state index in [2.05, 4.69) is 132 Å². The van der Waals surface area contributed by atoms with Crippen molar-refractivity contribution in [3.63, 3.8) is 0 Å². The van der Waals surface area contributed by atoms with E-state index in [0.717, 1.165) is 0 Å². The average molecular weight is 601 g/mol. The van der Waals surface area contributed by atoms with Gasteiger partial charge in [-0.05, 0) is 0 Å². The maximum atomic E-state index is 2.42. The summed E-state index contributed by atoms with van der Waals surface area (Å²) in [6.45, 7) is 0. The molecule has 0 radical (unpaired) electrons. The molecule has 0 N–H and O–H groups in total. The Morgan fingerprint density at radius 3 is 1.97 bits per heavy atom. The molecule has 8 aromatic rings. The molecule has 0 aliphatic rings. The van der Waals surface area contributed by atoms with Gasteiger partial charge in [-0.1, -0.05) is 0 Å². The van der Waals surface area contributed by atoms with Gasteiger partial charge in [0, 0.05) is 0 Å². The van der Waals surface area contributed by atoms with Crippen LogP contribution in [0.4, 0.5) is 17.1 Å². The Bertz CT molecular complexity index is 2100. The molecule has 37 heavy (non-hydrogen) atoms. The number of nitrogens with zero attached hydrogens (tertiary/aromatic N) is 1. The zero-order chi connectivity index (χ0) is 24.3. The van der Waals surface area contributed by atoms with E-state index in [4.69, 9.17) is 0 Å². The summed E-state index contributed by atoms with van der Waals surface area (Å²) in [6, 6.07) is 47.2. The second kappa shape index (κ2) is 8.48. The van der Waals surface area contributed by atoms with Gasteiger partial charge in [0.1, 0.15) is 0 Å². The van der Waals surface area contributed by atoms with Crippen LogP contribution in [0, 0.1) is 0 Å². The SMILES string of the molecule is c1ccc(N(c2ccc3c(c2)[se]c2ccccc23)c2ccc3[se]c4c5ccccc5ccc4c3c2)cc1. The Kier molecular flexibility index (Phi) is 4.93. The number of fused-ring (bicyclic) bond motifs is 8. The van der Waals surface area contributed by atoms with Gasteiger partial charge in [-0.15, -0.1) is 0 Å². The van der Waals surface area contributed by atoms with Gasteiger partial charge in [0.15, 0.2) is 0 Å². The Morgan fingerprint density at radius 1 is 0.378 bits per heavy atom. The van der Waals surface area contributed by atoms with Crippen molar-refractivity contribution in [2.45, 2.75) is 0 Å². The molecule has 0 amide bonds. The molecule has 3 heteroatoms. The fourth-order valence-corrected chi connectivity index (χ4v) is 10.5. The Balaban J connectivity index is 1.36. The van der Waals surface area contributed by atoms with Crippen molar-refractivity contribution in [3.05, 3.63) is 127 Å². The molecule has 1 nitrogen and oxygen atoms in total. The van der Waals surface area contributed by atoms with Crippen LogP contribution in [0.1, 0.15) is 0 Å². The number of benzene rings is 6. The van der Waals surface area contributed by atoms with Crippen molar-refractivity contribution in [2.24, 2.45) is 0 Å². The first-order valence-electron chi connectivity index (χ1n) is 12.4. The number of para-hydroxylation sites is 1. The van der Waals surface area contributed by atoms with E-state index in [1.807, 2.05) is 0 Å². The Hall–Kier alpha value is -3.58. The van der Waals surface area contributed by atoms with Crippen LogP contribution >= 0.6 is 0 Å². The first kappa shape index (κ1) is 21.5. The normalized spacial score (nSPS) is 11.8. The zero-order valence-corrected chi connectivity index (χ0v) is 23.3. The first-order chi connectivity index (χ1) is 18.3. The Morgan fingerprint density at radius 2 is 1.05 bits per heavy atom. The van der Waals surface area contributed by atoms with Gasteiger partial charge in [0.05, 0.1) is 0 Å². The van der Waals surface area contributed by atoms with Crippen molar-refractivity contribution < 1.29 is 0 Å². The molecule has 2 heterocycles. The summed E-state index contributed by atoms with van der Waals surface area (Å²) in [5.74, 6) is 0. The van der Waals surface area contributed by atoms with Crippen molar-refractivity contribution in [1.82, 2.24) is 0 Å². The minimum absolute atomic E-state index is 0.323. The van der Waals surface area contributed by atoms with Gasteiger partial charge >= 0.3 is 228 Å². The maximum absolute atomic E-state index is 2.42. The van der Waals surface area contributed by atoms with Gasteiger partial charge in [-0.3, -0.25) is 0 Å². The monoisotopic (exact) mass is 603 g/mol. The molecule has 0 saturated heterocycles. The molecule has 0 spiro atoms. The van der Waals surface area contributed by atoms with E-state index < -0.39 is 0 Å². The van der Waals surface area contributed by atoms with Gasteiger partial charge in [0.2, 0.25) is 0 Å². The van der Waals surface area contributed by atoms with Gasteiger partial charge < -0.3 is 0 Å². The molecule has 0 aliphatic heterocycles. The Labute approximate surface area is 226 Å². The number of rotatable bonds is 3. The second-order valence-electron chi connectivity index (χ2n) is 9.40. The number of hydrogen-bond acceptors (Lipinski definition) is 1. The molecule has 0 atom stereocenters. The van der Waals surface area contributed by atoms with E-state index in [-0.39, 0.29) is 0 Å².